The van der Waals surface area contributed by atoms with Crippen molar-refractivity contribution < 1.29 is 17.9 Å². The van der Waals surface area contributed by atoms with Gasteiger partial charge in [-0.15, -0.1) is 0 Å². The van der Waals surface area contributed by atoms with Crippen molar-refractivity contribution in [1.82, 2.24) is 14.5 Å². The Bertz CT molecular complexity index is 898. The van der Waals surface area contributed by atoms with Crippen LogP contribution in [0.3, 0.4) is 0 Å². The highest BCUT2D eigenvalue weighted by molar-refractivity contribution is 7.90. The van der Waals surface area contributed by atoms with Crippen LogP contribution in [0.4, 0.5) is 0 Å². The van der Waals surface area contributed by atoms with Gasteiger partial charge < -0.3 is 4.74 Å². The topological polar surface area (TPSA) is 90.3 Å². The smallest absolute Gasteiger partial charge is 0.264 e. The fourth-order valence-electron chi connectivity index (χ4n) is 2.18. The zero-order chi connectivity index (χ0) is 17.9. The Morgan fingerprint density at radius 3 is 2.62 bits per heavy atom. The third-order valence-corrected chi connectivity index (χ3v) is 4.90. The first-order valence-electron chi connectivity index (χ1n) is 7.13. The second-order valence-corrected chi connectivity index (χ2v) is 6.87. The lowest BCUT2D eigenvalue weighted by Gasteiger charge is -2.06. The third kappa shape index (κ3) is 3.83. The molecule has 1 heterocycles. The van der Waals surface area contributed by atoms with Gasteiger partial charge in [0, 0.05) is 30.4 Å². The monoisotopic (exact) mass is 349 g/mol. The summed E-state index contributed by atoms with van der Waals surface area (Å²) in [5, 5.41) is 4.23. The Morgan fingerprint density at radius 2 is 2.04 bits per heavy atom. The molecule has 0 aliphatic carbocycles. The van der Waals surface area contributed by atoms with E-state index in [9.17, 15) is 13.2 Å². The molecule has 0 aliphatic rings. The van der Waals surface area contributed by atoms with Crippen LogP contribution in [0.1, 0.15) is 17.0 Å². The van der Waals surface area contributed by atoms with E-state index in [1.54, 1.807) is 23.9 Å². The van der Waals surface area contributed by atoms with E-state index in [2.05, 4.69) is 5.10 Å². The second-order valence-electron chi connectivity index (χ2n) is 5.19. The van der Waals surface area contributed by atoms with Crippen LogP contribution in [0.25, 0.3) is 6.08 Å². The molecule has 7 nitrogen and oxygen atoms in total. The molecular formula is C16H19N3O4S. The molecule has 0 atom stereocenters. The maximum atomic E-state index is 12.2. The van der Waals surface area contributed by atoms with Gasteiger partial charge in [0.25, 0.3) is 15.9 Å². The molecule has 1 aromatic carbocycles. The van der Waals surface area contributed by atoms with Crippen LogP contribution in [-0.2, 0) is 21.9 Å². The zero-order valence-electron chi connectivity index (χ0n) is 13.9. The van der Waals surface area contributed by atoms with E-state index in [1.165, 1.54) is 31.4 Å². The van der Waals surface area contributed by atoms with E-state index in [0.717, 1.165) is 17.0 Å². The van der Waals surface area contributed by atoms with Gasteiger partial charge in [-0.05, 0) is 32.1 Å². The van der Waals surface area contributed by atoms with Gasteiger partial charge in [-0.1, -0.05) is 6.07 Å². The van der Waals surface area contributed by atoms with Crippen molar-refractivity contribution in [2.24, 2.45) is 7.05 Å². The molecule has 0 saturated carbocycles. The number of hydrogen-bond acceptors (Lipinski definition) is 5. The van der Waals surface area contributed by atoms with Crippen LogP contribution >= 0.6 is 0 Å². The summed E-state index contributed by atoms with van der Waals surface area (Å²) in [6.07, 6.45) is 2.73. The van der Waals surface area contributed by atoms with Gasteiger partial charge in [0.2, 0.25) is 0 Å². The Hall–Kier alpha value is -2.61. The molecule has 2 rings (SSSR count). The summed E-state index contributed by atoms with van der Waals surface area (Å²) in [6, 6.07) is 5.89. The van der Waals surface area contributed by atoms with Crippen LogP contribution in [0.5, 0.6) is 5.75 Å². The predicted octanol–water partition coefficient (Wildman–Crippen LogP) is 1.56. The summed E-state index contributed by atoms with van der Waals surface area (Å²) >= 11 is 0. The molecule has 0 spiro atoms. The number of methoxy groups -OCH3 is 1. The number of carbonyl (C=O) groups excluding carboxylic acids is 1. The Labute approximate surface area is 141 Å². The summed E-state index contributed by atoms with van der Waals surface area (Å²) < 4.78 is 33.1. The standard InChI is InChI=1S/C16H19N3O4S/c1-11-15(12(2)19(3)17-11)8-9-16(20)18-24(21,22)14-7-5-6-13(10-14)23-4/h5-10H,1-4H3,(H,18,20). The lowest BCUT2D eigenvalue weighted by atomic mass is 10.2. The molecule has 24 heavy (non-hydrogen) atoms. The number of carbonyl (C=O) groups is 1. The average Bonchev–Trinajstić information content (AvgIpc) is 2.77. The number of benzene rings is 1. The minimum absolute atomic E-state index is 0.0441. The predicted molar refractivity (Wildman–Crippen MR) is 90.0 cm³/mol. The summed E-state index contributed by atoms with van der Waals surface area (Å²) in [5.74, 6) is -0.344. The van der Waals surface area contributed by atoms with Crippen LogP contribution in [-0.4, -0.2) is 31.2 Å². The van der Waals surface area contributed by atoms with Crippen molar-refractivity contribution in [3.63, 3.8) is 0 Å². The summed E-state index contributed by atoms with van der Waals surface area (Å²) in [5.41, 5.74) is 2.42. The van der Waals surface area contributed by atoms with Crippen molar-refractivity contribution in [2.45, 2.75) is 18.7 Å². The van der Waals surface area contributed by atoms with Crippen LogP contribution in [0, 0.1) is 13.8 Å². The van der Waals surface area contributed by atoms with Gasteiger partial charge in [0.15, 0.2) is 0 Å². The lowest BCUT2D eigenvalue weighted by molar-refractivity contribution is -0.114. The van der Waals surface area contributed by atoms with Crippen molar-refractivity contribution in [2.75, 3.05) is 7.11 Å². The number of aryl methyl sites for hydroxylation is 2. The van der Waals surface area contributed by atoms with Crippen molar-refractivity contribution in [3.8, 4) is 5.75 Å². The van der Waals surface area contributed by atoms with E-state index in [-0.39, 0.29) is 4.90 Å². The normalized spacial score (nSPS) is 11.7. The molecule has 1 N–H and O–H groups in total. The molecular weight excluding hydrogens is 330 g/mol. The van der Waals surface area contributed by atoms with Gasteiger partial charge in [0.1, 0.15) is 5.75 Å². The minimum Gasteiger partial charge on any atom is -0.497 e. The van der Waals surface area contributed by atoms with Gasteiger partial charge in [-0.2, -0.15) is 5.10 Å². The highest BCUT2D eigenvalue weighted by Gasteiger charge is 2.17. The summed E-state index contributed by atoms with van der Waals surface area (Å²) in [4.78, 5) is 11.9. The molecule has 2 aromatic rings. The Balaban J connectivity index is 2.17. The molecule has 0 radical (unpaired) electrons. The van der Waals surface area contributed by atoms with Crippen molar-refractivity contribution in [3.05, 3.63) is 47.3 Å². The number of amides is 1. The van der Waals surface area contributed by atoms with E-state index in [4.69, 9.17) is 4.74 Å². The van der Waals surface area contributed by atoms with Gasteiger partial charge >= 0.3 is 0 Å². The summed E-state index contributed by atoms with van der Waals surface area (Å²) in [7, 11) is -0.728. The first-order chi connectivity index (χ1) is 11.2. The van der Waals surface area contributed by atoms with E-state index < -0.39 is 15.9 Å². The maximum absolute atomic E-state index is 12.2. The van der Waals surface area contributed by atoms with Crippen LogP contribution in [0.15, 0.2) is 35.2 Å². The molecule has 0 aliphatic heterocycles. The maximum Gasteiger partial charge on any atom is 0.264 e. The van der Waals surface area contributed by atoms with Crippen molar-refractivity contribution >= 4 is 22.0 Å². The van der Waals surface area contributed by atoms with E-state index in [1.807, 2.05) is 18.6 Å². The van der Waals surface area contributed by atoms with Gasteiger partial charge in [-0.25, -0.2) is 13.1 Å². The molecule has 1 aromatic heterocycles. The molecule has 0 saturated heterocycles. The van der Waals surface area contributed by atoms with Gasteiger partial charge in [0.05, 0.1) is 17.7 Å². The molecule has 0 unspecified atom stereocenters. The minimum atomic E-state index is -3.96. The highest BCUT2D eigenvalue weighted by Crippen LogP contribution is 2.17. The highest BCUT2D eigenvalue weighted by atomic mass is 32.2. The quantitative estimate of drug-likeness (QED) is 0.828. The second kappa shape index (κ2) is 6.88. The van der Waals surface area contributed by atoms with Crippen LogP contribution in [0.2, 0.25) is 0 Å². The van der Waals surface area contributed by atoms with E-state index in [0.29, 0.717) is 5.75 Å². The molecule has 0 fully saturated rings. The first-order valence-corrected chi connectivity index (χ1v) is 8.62. The molecule has 128 valence electrons. The number of rotatable bonds is 5. The number of ether oxygens (including phenoxy) is 1. The first kappa shape index (κ1) is 17.7. The number of nitrogens with zero attached hydrogens (tertiary/aromatic N) is 2. The van der Waals surface area contributed by atoms with Crippen molar-refractivity contribution in [1.29, 1.82) is 0 Å². The SMILES string of the molecule is COc1cccc(S(=O)(=O)NC(=O)C=Cc2c(C)nn(C)c2C)c1. The largest absolute Gasteiger partial charge is 0.497 e. The molecule has 8 heteroatoms. The Morgan fingerprint density at radius 1 is 1.33 bits per heavy atom. The number of sulfonamides is 1. The Kier molecular flexibility index (Phi) is 5.08. The fraction of sp³-hybridized carbons (Fsp3) is 0.250. The van der Waals surface area contributed by atoms with E-state index >= 15 is 0 Å². The number of aromatic nitrogens is 2. The van der Waals surface area contributed by atoms with Gasteiger partial charge in [-0.3, -0.25) is 9.48 Å². The number of nitrogens with one attached hydrogen (secondary N) is 1. The number of hydrogen-bond donors (Lipinski definition) is 1. The fourth-order valence-corrected chi connectivity index (χ4v) is 3.16. The zero-order valence-corrected chi connectivity index (χ0v) is 14.7. The molecule has 1 amide bonds. The third-order valence-electron chi connectivity index (χ3n) is 3.55. The molecule has 0 bridgehead atoms. The average molecular weight is 349 g/mol. The summed E-state index contributed by atoms with van der Waals surface area (Å²) in [6.45, 7) is 3.68. The lowest BCUT2D eigenvalue weighted by Crippen LogP contribution is -2.28. The van der Waals surface area contributed by atoms with Crippen LogP contribution < -0.4 is 9.46 Å².